The van der Waals surface area contributed by atoms with E-state index in [9.17, 15) is 19.6 Å². The monoisotopic (exact) mass is 247 g/mol. The molecule has 0 aliphatic heterocycles. The highest BCUT2D eigenvalue weighted by molar-refractivity contribution is 7.75. The number of nitrogens with two attached hydrogens (primary N) is 1. The fourth-order valence-electron chi connectivity index (χ4n) is 0.781. The van der Waals surface area contributed by atoms with Crippen LogP contribution in [0.4, 0.5) is 0 Å². The number of hydrogen-bond donors (Lipinski definition) is 4. The minimum Gasteiger partial charge on any atom is -0.682 e. The molecule has 0 saturated carbocycles. The molecule has 1 unspecified atom stereocenters. The van der Waals surface area contributed by atoms with Crippen molar-refractivity contribution >= 4 is 15.9 Å². The summed E-state index contributed by atoms with van der Waals surface area (Å²) in [6, 6.07) is 0. The van der Waals surface area contributed by atoms with E-state index in [1.807, 2.05) is 0 Å². The second-order valence-electron chi connectivity index (χ2n) is 2.71. The van der Waals surface area contributed by atoms with E-state index in [0.29, 0.717) is 0 Å². The molecule has 10 heteroatoms. The highest BCUT2D eigenvalue weighted by Gasteiger charge is 2.56. The number of hydrogen-bond acceptors (Lipinski definition) is 8. The molecule has 0 fully saturated rings. The summed E-state index contributed by atoms with van der Waals surface area (Å²) in [6.45, 7) is -0.0949. The van der Waals surface area contributed by atoms with Crippen LogP contribution < -0.4 is 25.3 Å². The van der Waals surface area contributed by atoms with Crippen LogP contribution >= 0.6 is 15.9 Å². The van der Waals surface area contributed by atoms with Crippen molar-refractivity contribution in [2.75, 3.05) is 6.54 Å². The molecule has 8 nitrogen and oxygen atoms in total. The van der Waals surface area contributed by atoms with Gasteiger partial charge in [-0.25, -0.2) is 9.79 Å². The highest BCUT2D eigenvalue weighted by atomic mass is 31.3. The van der Waals surface area contributed by atoms with Crippen LogP contribution in [0.2, 0.25) is 0 Å². The third-order valence-corrected chi connectivity index (χ3v) is 5.40. The molecule has 0 rings (SSSR count). The zero-order valence-electron chi connectivity index (χ0n) is 7.07. The van der Waals surface area contributed by atoms with Gasteiger partial charge in [-0.15, -0.1) is 0 Å². The molecular formula is C4H11NO7P2-2. The number of rotatable bonds is 5. The summed E-state index contributed by atoms with van der Waals surface area (Å²) in [5.41, 5.74) is 4.96. The first kappa shape index (κ1) is 14.5. The molecule has 0 aliphatic rings. The normalized spacial score (nSPS) is 18.0. The Hall–Kier alpha value is 0.540. The van der Waals surface area contributed by atoms with Gasteiger partial charge in [0.05, 0.1) is 6.42 Å². The van der Waals surface area contributed by atoms with Crippen molar-refractivity contribution in [1.82, 2.24) is 0 Å². The highest BCUT2D eigenvalue weighted by Crippen LogP contribution is 2.69. The molecule has 0 radical (unpaired) electrons. The Morgan fingerprint density at radius 2 is 1.57 bits per heavy atom. The smallest absolute Gasteiger partial charge is 0.306 e. The van der Waals surface area contributed by atoms with E-state index in [2.05, 4.69) is 0 Å². The second-order valence-corrected chi connectivity index (χ2v) is 6.62. The van der Waals surface area contributed by atoms with Crippen LogP contribution in [0.5, 0.6) is 0 Å². The fourth-order valence-corrected chi connectivity index (χ4v) is 2.94. The van der Waals surface area contributed by atoms with Crippen LogP contribution in [0.25, 0.3) is 0 Å². The molecule has 0 saturated heterocycles. The van der Waals surface area contributed by atoms with Crippen molar-refractivity contribution in [3.8, 4) is 0 Å². The summed E-state index contributed by atoms with van der Waals surface area (Å²) in [4.78, 5) is 59.2. The Bertz CT molecular complexity index is 173. The van der Waals surface area contributed by atoms with E-state index in [0.717, 1.165) is 0 Å². The first-order chi connectivity index (χ1) is 6.06. The van der Waals surface area contributed by atoms with E-state index >= 15 is 0 Å². The average molecular weight is 247 g/mol. The summed E-state index contributed by atoms with van der Waals surface area (Å²) in [5, 5.41) is 5.57. The van der Waals surface area contributed by atoms with Gasteiger partial charge >= 0.3 is 13.0 Å². The summed E-state index contributed by atoms with van der Waals surface area (Å²) in [5.74, 6) is 0. The van der Waals surface area contributed by atoms with Crippen molar-refractivity contribution in [3.05, 3.63) is 0 Å². The van der Waals surface area contributed by atoms with Crippen molar-refractivity contribution in [1.29, 1.82) is 0 Å². The van der Waals surface area contributed by atoms with Crippen LogP contribution in [0, 0.1) is 0 Å². The molecule has 14 heavy (non-hydrogen) atoms. The molecule has 86 valence electrons. The lowest BCUT2D eigenvalue weighted by atomic mass is 10.3. The lowest BCUT2D eigenvalue weighted by molar-refractivity contribution is -0.440. The molecule has 5 N–H and O–H groups in total. The molecule has 0 aromatic carbocycles. The maximum atomic E-state index is 10.6. The van der Waals surface area contributed by atoms with Crippen molar-refractivity contribution < 1.29 is 34.5 Å². The van der Waals surface area contributed by atoms with Gasteiger partial charge in [0.25, 0.3) is 0 Å². The van der Waals surface area contributed by atoms with Crippen LogP contribution in [0.3, 0.4) is 0 Å². The summed E-state index contributed by atoms with van der Waals surface area (Å²) in [6.07, 6.45) is -1.06. The van der Waals surface area contributed by atoms with Crippen molar-refractivity contribution in [3.63, 3.8) is 0 Å². The Labute approximate surface area is 81.4 Å². The van der Waals surface area contributed by atoms with Gasteiger partial charge in [-0.1, -0.05) is 7.94 Å². The molecular weight excluding hydrogens is 236 g/mol. The average Bonchev–Trinajstić information content (AvgIpc) is 1.95. The molecule has 0 spiro atoms. The zero-order valence-corrected chi connectivity index (χ0v) is 8.86. The first-order valence-corrected chi connectivity index (χ1v) is 6.72. The predicted molar refractivity (Wildman–Crippen MR) is 41.5 cm³/mol. The third kappa shape index (κ3) is 3.01. The van der Waals surface area contributed by atoms with E-state index in [1.165, 1.54) is 0 Å². The van der Waals surface area contributed by atoms with Crippen LogP contribution in [-0.2, 0) is 0 Å². The Morgan fingerprint density at radius 3 is 1.79 bits per heavy atom. The van der Waals surface area contributed by atoms with Crippen LogP contribution in [-0.4, -0.2) is 26.5 Å². The van der Waals surface area contributed by atoms with Gasteiger partial charge in [-0.05, 0) is 13.0 Å². The van der Waals surface area contributed by atoms with Crippen LogP contribution in [0.15, 0.2) is 0 Å². The van der Waals surface area contributed by atoms with Crippen molar-refractivity contribution in [2.45, 2.75) is 17.9 Å². The van der Waals surface area contributed by atoms with Gasteiger partial charge in [0.2, 0.25) is 0 Å². The fraction of sp³-hybridized carbons (Fsp3) is 1.00. The quantitative estimate of drug-likeness (QED) is 0.350. The molecule has 0 aromatic rings. The van der Waals surface area contributed by atoms with E-state index < -0.39 is 27.4 Å². The summed E-state index contributed by atoms with van der Waals surface area (Å²) >= 11 is 0. The molecule has 1 atom stereocenters. The minimum atomic E-state index is -5.80. The maximum absolute atomic E-state index is 10.6. The molecule has 0 bridgehead atoms. The Balaban J connectivity index is 4.87. The van der Waals surface area contributed by atoms with Gasteiger partial charge in [0.1, 0.15) is 0 Å². The van der Waals surface area contributed by atoms with Crippen molar-refractivity contribution in [2.24, 2.45) is 5.73 Å². The number of aliphatic hydroxyl groups is 1. The lowest BCUT2D eigenvalue weighted by Gasteiger charge is -2.53. The maximum Gasteiger partial charge on any atom is 0.306 e. The van der Waals surface area contributed by atoms with Crippen LogP contribution in [0.1, 0.15) is 12.8 Å². The standard InChI is InChI=1S/C4H13NO7P2/c5-3-1-2-4(6,13(7,8)9)14(10,11)12/h6H,1-3,5H2,(H2,7,8,9)(H2,10,11,12)/p-2. The second kappa shape index (κ2) is 4.59. The van der Waals surface area contributed by atoms with Gasteiger partial charge in [0.15, 0.2) is 0 Å². The van der Waals surface area contributed by atoms with E-state index in [4.69, 9.17) is 20.6 Å². The molecule has 0 aliphatic carbocycles. The largest absolute Gasteiger partial charge is 0.682 e. The minimum absolute atomic E-state index is 0.0949. The molecule has 0 amide bonds. The lowest BCUT2D eigenvalue weighted by Crippen LogP contribution is -2.53. The summed E-state index contributed by atoms with van der Waals surface area (Å²) < 4.78 is 0. The SMILES string of the molecule is NCCCC(O)([P+]([O-])([O-])[O-])[P+]([O-])(O)O. The molecule has 0 aromatic heterocycles. The Kier molecular flexibility index (Phi) is 4.77. The predicted octanol–water partition coefficient (Wildman–Crippen LogP) is -4.68. The summed E-state index contributed by atoms with van der Waals surface area (Å²) in [7, 11) is -11.2. The van der Waals surface area contributed by atoms with E-state index in [1.54, 1.807) is 0 Å². The third-order valence-electron chi connectivity index (χ3n) is 1.62. The topological polar surface area (TPSA) is 179 Å². The zero-order chi connectivity index (χ0) is 11.6. The van der Waals surface area contributed by atoms with Gasteiger partial charge in [-0.3, -0.25) is 0 Å². The van der Waals surface area contributed by atoms with E-state index in [-0.39, 0.29) is 13.0 Å². The molecule has 0 heterocycles. The van der Waals surface area contributed by atoms with Gasteiger partial charge in [-0.2, -0.15) is 0 Å². The van der Waals surface area contributed by atoms with Gasteiger partial charge in [0, 0.05) is 0 Å². The first-order valence-electron chi connectivity index (χ1n) is 3.56. The van der Waals surface area contributed by atoms with Gasteiger partial charge < -0.3 is 30.4 Å². The Morgan fingerprint density at radius 1 is 1.14 bits per heavy atom.